The monoisotopic (exact) mass is 242 g/mol. The molecular formula is C13H26N2O2. The molecule has 0 aromatic carbocycles. The highest BCUT2D eigenvalue weighted by molar-refractivity contribution is 5.81. The fourth-order valence-corrected chi connectivity index (χ4v) is 2.09. The molecule has 0 bridgehead atoms. The molecule has 0 saturated carbocycles. The summed E-state index contributed by atoms with van der Waals surface area (Å²) in [4.78, 5) is 14.1. The lowest BCUT2D eigenvalue weighted by molar-refractivity contribution is -0.133. The van der Waals surface area contributed by atoms with E-state index in [9.17, 15) is 4.79 Å². The molecule has 4 heteroatoms. The molecule has 0 radical (unpaired) electrons. The molecular weight excluding hydrogens is 216 g/mol. The van der Waals surface area contributed by atoms with E-state index in [0.29, 0.717) is 6.54 Å². The minimum absolute atomic E-state index is 0.137. The number of nitrogens with one attached hydrogen (secondary N) is 1. The van der Waals surface area contributed by atoms with Gasteiger partial charge in [0.05, 0.1) is 6.04 Å². The molecule has 1 amide bonds. The third-order valence-electron chi connectivity index (χ3n) is 3.37. The third-order valence-corrected chi connectivity index (χ3v) is 3.37. The lowest BCUT2D eigenvalue weighted by atomic mass is 10.2. The van der Waals surface area contributed by atoms with Crippen LogP contribution in [0.5, 0.6) is 0 Å². The van der Waals surface area contributed by atoms with Crippen molar-refractivity contribution in [2.75, 3.05) is 26.2 Å². The SMILES string of the molecule is CC(CO)CNC(C)C(=O)N1CCCCCC1. The maximum atomic E-state index is 12.2. The Bertz CT molecular complexity index is 225. The smallest absolute Gasteiger partial charge is 0.239 e. The first kappa shape index (κ1) is 14.5. The molecule has 1 aliphatic heterocycles. The Labute approximate surface area is 104 Å². The maximum Gasteiger partial charge on any atom is 0.239 e. The summed E-state index contributed by atoms with van der Waals surface area (Å²) in [6.45, 7) is 6.54. The molecule has 1 fully saturated rings. The number of carbonyl (C=O) groups excluding carboxylic acids is 1. The van der Waals surface area contributed by atoms with E-state index in [0.717, 1.165) is 25.9 Å². The van der Waals surface area contributed by atoms with Crippen molar-refractivity contribution < 1.29 is 9.90 Å². The first-order valence-corrected chi connectivity index (χ1v) is 6.78. The van der Waals surface area contributed by atoms with Gasteiger partial charge in [-0.05, 0) is 25.7 Å². The van der Waals surface area contributed by atoms with E-state index >= 15 is 0 Å². The highest BCUT2D eigenvalue weighted by atomic mass is 16.3. The van der Waals surface area contributed by atoms with Gasteiger partial charge >= 0.3 is 0 Å². The predicted molar refractivity (Wildman–Crippen MR) is 68.8 cm³/mol. The predicted octanol–water partition coefficient (Wildman–Crippen LogP) is 0.995. The highest BCUT2D eigenvalue weighted by Gasteiger charge is 2.21. The van der Waals surface area contributed by atoms with Crippen LogP contribution in [0.2, 0.25) is 0 Å². The van der Waals surface area contributed by atoms with Gasteiger partial charge in [-0.2, -0.15) is 0 Å². The summed E-state index contributed by atoms with van der Waals surface area (Å²) in [7, 11) is 0. The van der Waals surface area contributed by atoms with Gasteiger partial charge in [-0.3, -0.25) is 4.79 Å². The van der Waals surface area contributed by atoms with Gasteiger partial charge in [0.2, 0.25) is 5.91 Å². The molecule has 0 aromatic rings. The first-order chi connectivity index (χ1) is 8.15. The summed E-state index contributed by atoms with van der Waals surface area (Å²) in [5.41, 5.74) is 0. The molecule has 2 N–H and O–H groups in total. The number of hydrogen-bond donors (Lipinski definition) is 2. The van der Waals surface area contributed by atoms with Crippen molar-refractivity contribution in [1.82, 2.24) is 10.2 Å². The van der Waals surface area contributed by atoms with Crippen LogP contribution in [-0.2, 0) is 4.79 Å². The lowest BCUT2D eigenvalue weighted by Gasteiger charge is -2.25. The molecule has 0 aliphatic carbocycles. The van der Waals surface area contributed by atoms with Crippen molar-refractivity contribution >= 4 is 5.91 Å². The van der Waals surface area contributed by atoms with Gasteiger partial charge in [0, 0.05) is 26.2 Å². The third kappa shape index (κ3) is 5.04. The fraction of sp³-hybridized carbons (Fsp3) is 0.923. The molecule has 0 aromatic heterocycles. The number of hydrogen-bond acceptors (Lipinski definition) is 3. The van der Waals surface area contributed by atoms with Crippen LogP contribution in [0.25, 0.3) is 0 Å². The van der Waals surface area contributed by atoms with Crippen molar-refractivity contribution in [3.05, 3.63) is 0 Å². The topological polar surface area (TPSA) is 52.6 Å². The summed E-state index contributed by atoms with van der Waals surface area (Å²) in [6, 6.07) is -0.137. The van der Waals surface area contributed by atoms with E-state index < -0.39 is 0 Å². The number of aliphatic hydroxyl groups excluding tert-OH is 1. The van der Waals surface area contributed by atoms with E-state index in [1.807, 2.05) is 18.7 Å². The molecule has 1 rings (SSSR count). The van der Waals surface area contributed by atoms with E-state index in [1.54, 1.807) is 0 Å². The van der Waals surface area contributed by atoms with Crippen LogP contribution < -0.4 is 5.32 Å². The Kier molecular flexibility index (Phi) is 6.52. The van der Waals surface area contributed by atoms with Gasteiger partial charge in [-0.25, -0.2) is 0 Å². The second-order valence-electron chi connectivity index (χ2n) is 5.16. The van der Waals surface area contributed by atoms with Crippen LogP contribution in [0.3, 0.4) is 0 Å². The Morgan fingerprint density at radius 3 is 2.35 bits per heavy atom. The van der Waals surface area contributed by atoms with Crippen LogP contribution >= 0.6 is 0 Å². The Morgan fingerprint density at radius 2 is 1.82 bits per heavy atom. The van der Waals surface area contributed by atoms with Crippen LogP contribution in [0.4, 0.5) is 0 Å². The van der Waals surface area contributed by atoms with Gasteiger partial charge in [0.1, 0.15) is 0 Å². The molecule has 1 heterocycles. The lowest BCUT2D eigenvalue weighted by Crippen LogP contribution is -2.46. The van der Waals surface area contributed by atoms with Gasteiger partial charge < -0.3 is 15.3 Å². The van der Waals surface area contributed by atoms with Crippen LogP contribution in [0.1, 0.15) is 39.5 Å². The van der Waals surface area contributed by atoms with Gasteiger partial charge in [0.15, 0.2) is 0 Å². The quantitative estimate of drug-likeness (QED) is 0.756. The summed E-state index contributed by atoms with van der Waals surface area (Å²) >= 11 is 0. The van der Waals surface area contributed by atoms with E-state index in [2.05, 4.69) is 5.32 Å². The number of rotatable bonds is 5. The van der Waals surface area contributed by atoms with E-state index in [-0.39, 0.29) is 24.5 Å². The average Bonchev–Trinajstić information content (AvgIpc) is 2.63. The van der Waals surface area contributed by atoms with Crippen molar-refractivity contribution in [3.8, 4) is 0 Å². The standard InChI is InChI=1S/C13H26N2O2/c1-11(10-16)9-14-12(2)13(17)15-7-5-3-4-6-8-15/h11-12,14,16H,3-10H2,1-2H3. The van der Waals surface area contributed by atoms with Crippen molar-refractivity contribution in [1.29, 1.82) is 0 Å². The molecule has 4 nitrogen and oxygen atoms in total. The Balaban J connectivity index is 2.33. The van der Waals surface area contributed by atoms with Gasteiger partial charge in [0.25, 0.3) is 0 Å². The minimum Gasteiger partial charge on any atom is -0.396 e. The largest absolute Gasteiger partial charge is 0.396 e. The number of aliphatic hydroxyl groups is 1. The summed E-state index contributed by atoms with van der Waals surface area (Å²) < 4.78 is 0. The number of amides is 1. The van der Waals surface area contributed by atoms with Gasteiger partial charge in [-0.15, -0.1) is 0 Å². The van der Waals surface area contributed by atoms with Gasteiger partial charge in [-0.1, -0.05) is 19.8 Å². The highest BCUT2D eigenvalue weighted by Crippen LogP contribution is 2.10. The summed E-state index contributed by atoms with van der Waals surface area (Å²) in [5.74, 6) is 0.409. The number of likely N-dealkylation sites (tertiary alicyclic amines) is 1. The molecule has 2 unspecified atom stereocenters. The van der Waals surface area contributed by atoms with Crippen molar-refractivity contribution in [2.24, 2.45) is 5.92 Å². The van der Waals surface area contributed by atoms with Crippen LogP contribution in [0.15, 0.2) is 0 Å². The Morgan fingerprint density at radius 1 is 1.24 bits per heavy atom. The summed E-state index contributed by atoms with van der Waals surface area (Å²) in [6.07, 6.45) is 4.75. The molecule has 1 saturated heterocycles. The minimum atomic E-state index is -0.137. The van der Waals surface area contributed by atoms with E-state index in [1.165, 1.54) is 12.8 Å². The molecule has 17 heavy (non-hydrogen) atoms. The average molecular weight is 242 g/mol. The number of nitrogens with zero attached hydrogens (tertiary/aromatic N) is 1. The first-order valence-electron chi connectivity index (χ1n) is 6.78. The number of carbonyl (C=O) groups is 1. The second-order valence-corrected chi connectivity index (χ2v) is 5.16. The zero-order chi connectivity index (χ0) is 12.7. The second kappa shape index (κ2) is 7.67. The molecule has 0 spiro atoms. The van der Waals surface area contributed by atoms with Crippen molar-refractivity contribution in [2.45, 2.75) is 45.6 Å². The Hall–Kier alpha value is -0.610. The molecule has 1 aliphatic rings. The zero-order valence-corrected chi connectivity index (χ0v) is 11.1. The molecule has 100 valence electrons. The van der Waals surface area contributed by atoms with Crippen LogP contribution in [0, 0.1) is 5.92 Å². The maximum absolute atomic E-state index is 12.2. The zero-order valence-electron chi connectivity index (χ0n) is 11.1. The van der Waals surface area contributed by atoms with Crippen molar-refractivity contribution in [3.63, 3.8) is 0 Å². The van der Waals surface area contributed by atoms with E-state index in [4.69, 9.17) is 5.11 Å². The molecule has 2 atom stereocenters. The normalized spacial score (nSPS) is 20.8. The summed E-state index contributed by atoms with van der Waals surface area (Å²) in [5, 5.41) is 12.1. The van der Waals surface area contributed by atoms with Crippen LogP contribution in [-0.4, -0.2) is 48.2 Å². The fourth-order valence-electron chi connectivity index (χ4n) is 2.09.